The molecule has 0 aromatic heterocycles. The van der Waals surface area contributed by atoms with Crippen LogP contribution in [0, 0.1) is 5.92 Å². The van der Waals surface area contributed by atoms with Gasteiger partial charge in [0, 0.05) is 11.7 Å². The molecule has 1 aliphatic carbocycles. The summed E-state index contributed by atoms with van der Waals surface area (Å²) in [4.78, 5) is 2.64. The minimum absolute atomic E-state index is 0.828. The van der Waals surface area contributed by atoms with Gasteiger partial charge in [-0.2, -0.15) is 0 Å². The monoisotopic (exact) mass is 199 g/mol. The second-order valence-electron chi connectivity index (χ2n) is 5.68. The standard InChI is InChI=1S/C11H25NSi/c1-7-10-8-11(10)12(3)9(2)13(4,5)6/h9-11H,7-8H2,1-6H3/t9?,10-,11?/m1/s1. The first kappa shape index (κ1) is 11.3. The van der Waals surface area contributed by atoms with Crippen LogP contribution in [0.3, 0.4) is 0 Å². The lowest BCUT2D eigenvalue weighted by molar-refractivity contribution is 0.287. The Bertz CT molecular complexity index is 173. The van der Waals surface area contributed by atoms with E-state index in [0.717, 1.165) is 17.6 Å². The number of rotatable bonds is 4. The fraction of sp³-hybridized carbons (Fsp3) is 1.00. The average Bonchev–Trinajstić information content (AvgIpc) is 2.78. The van der Waals surface area contributed by atoms with Gasteiger partial charge in [-0.1, -0.05) is 39.9 Å². The van der Waals surface area contributed by atoms with Crippen LogP contribution in [-0.4, -0.2) is 31.7 Å². The Morgan fingerprint density at radius 3 is 2.23 bits per heavy atom. The molecule has 0 amide bonds. The van der Waals surface area contributed by atoms with Gasteiger partial charge < -0.3 is 4.90 Å². The summed E-state index contributed by atoms with van der Waals surface area (Å²) < 4.78 is 0. The third-order valence-electron chi connectivity index (χ3n) is 3.80. The molecule has 0 bridgehead atoms. The summed E-state index contributed by atoms with van der Waals surface area (Å²) in [5, 5.41) is 0. The lowest BCUT2D eigenvalue weighted by atomic mass is 10.3. The van der Waals surface area contributed by atoms with Crippen molar-refractivity contribution in [1.29, 1.82) is 0 Å². The minimum Gasteiger partial charge on any atom is -0.303 e. The summed E-state index contributed by atoms with van der Waals surface area (Å²) in [6, 6.07) is 0.909. The zero-order chi connectivity index (χ0) is 10.2. The van der Waals surface area contributed by atoms with E-state index in [9.17, 15) is 0 Å². The molecule has 2 heteroatoms. The fourth-order valence-electron chi connectivity index (χ4n) is 2.07. The maximum atomic E-state index is 2.64. The molecular formula is C11H25NSi. The van der Waals surface area contributed by atoms with Gasteiger partial charge in [-0.3, -0.25) is 0 Å². The Balaban J connectivity index is 2.45. The zero-order valence-electron chi connectivity index (χ0n) is 10.1. The molecule has 0 N–H and O–H groups in total. The van der Waals surface area contributed by atoms with Crippen LogP contribution in [0.4, 0.5) is 0 Å². The maximum Gasteiger partial charge on any atom is 0.0634 e. The van der Waals surface area contributed by atoms with E-state index in [1.165, 1.54) is 12.8 Å². The van der Waals surface area contributed by atoms with Crippen LogP contribution < -0.4 is 0 Å². The summed E-state index contributed by atoms with van der Waals surface area (Å²) in [5.41, 5.74) is 0.828. The van der Waals surface area contributed by atoms with Crippen LogP contribution in [0.25, 0.3) is 0 Å². The highest BCUT2D eigenvalue weighted by Crippen LogP contribution is 2.39. The van der Waals surface area contributed by atoms with Crippen molar-refractivity contribution in [2.75, 3.05) is 7.05 Å². The topological polar surface area (TPSA) is 3.24 Å². The summed E-state index contributed by atoms with van der Waals surface area (Å²) >= 11 is 0. The molecule has 78 valence electrons. The van der Waals surface area contributed by atoms with Crippen molar-refractivity contribution in [3.05, 3.63) is 0 Å². The van der Waals surface area contributed by atoms with Gasteiger partial charge in [0.1, 0.15) is 0 Å². The fourth-order valence-corrected chi connectivity index (χ4v) is 3.48. The largest absolute Gasteiger partial charge is 0.303 e. The van der Waals surface area contributed by atoms with Crippen LogP contribution in [0.5, 0.6) is 0 Å². The molecular weight excluding hydrogens is 174 g/mol. The third-order valence-corrected chi connectivity index (χ3v) is 6.71. The van der Waals surface area contributed by atoms with Crippen LogP contribution in [0.15, 0.2) is 0 Å². The van der Waals surface area contributed by atoms with Gasteiger partial charge >= 0.3 is 0 Å². The summed E-state index contributed by atoms with van der Waals surface area (Å²) in [6.45, 7) is 12.1. The van der Waals surface area contributed by atoms with Crippen molar-refractivity contribution >= 4 is 8.07 Å². The van der Waals surface area contributed by atoms with E-state index in [4.69, 9.17) is 0 Å². The van der Waals surface area contributed by atoms with Crippen molar-refractivity contribution in [3.8, 4) is 0 Å². The first-order valence-electron chi connectivity index (χ1n) is 5.59. The molecule has 1 aliphatic rings. The first-order chi connectivity index (χ1) is 5.88. The quantitative estimate of drug-likeness (QED) is 0.629. The molecule has 0 radical (unpaired) electrons. The van der Waals surface area contributed by atoms with Crippen molar-refractivity contribution in [2.24, 2.45) is 5.92 Å². The Morgan fingerprint density at radius 1 is 1.38 bits per heavy atom. The van der Waals surface area contributed by atoms with Gasteiger partial charge in [-0.25, -0.2) is 0 Å². The highest BCUT2D eigenvalue weighted by Gasteiger charge is 2.42. The van der Waals surface area contributed by atoms with E-state index in [2.05, 4.69) is 45.4 Å². The Hall–Kier alpha value is 0.177. The first-order valence-corrected chi connectivity index (χ1v) is 9.17. The lowest BCUT2D eigenvalue weighted by Crippen LogP contribution is -2.48. The van der Waals surface area contributed by atoms with Crippen molar-refractivity contribution in [2.45, 2.75) is 58.0 Å². The zero-order valence-corrected chi connectivity index (χ0v) is 11.1. The molecule has 0 heterocycles. The molecule has 3 atom stereocenters. The highest BCUT2D eigenvalue weighted by atomic mass is 28.3. The lowest BCUT2D eigenvalue weighted by Gasteiger charge is -2.34. The average molecular weight is 199 g/mol. The molecule has 0 spiro atoms. The second-order valence-corrected chi connectivity index (χ2v) is 11.2. The Morgan fingerprint density at radius 2 is 1.92 bits per heavy atom. The molecule has 1 nitrogen and oxygen atoms in total. The van der Waals surface area contributed by atoms with Crippen molar-refractivity contribution in [3.63, 3.8) is 0 Å². The molecule has 0 saturated heterocycles. The number of nitrogens with zero attached hydrogens (tertiary/aromatic N) is 1. The van der Waals surface area contributed by atoms with Gasteiger partial charge in [-0.15, -0.1) is 0 Å². The Labute approximate surface area is 84.5 Å². The minimum atomic E-state index is -0.963. The molecule has 0 aromatic carbocycles. The van der Waals surface area contributed by atoms with Crippen LogP contribution in [0.1, 0.15) is 26.7 Å². The van der Waals surface area contributed by atoms with Gasteiger partial charge in [0.05, 0.1) is 8.07 Å². The van der Waals surface area contributed by atoms with Crippen molar-refractivity contribution in [1.82, 2.24) is 4.90 Å². The molecule has 1 fully saturated rings. The van der Waals surface area contributed by atoms with Gasteiger partial charge in [0.2, 0.25) is 0 Å². The Kier molecular flexibility index (Phi) is 3.23. The van der Waals surface area contributed by atoms with Crippen LogP contribution in [0.2, 0.25) is 19.6 Å². The van der Waals surface area contributed by atoms with Crippen LogP contribution >= 0.6 is 0 Å². The second kappa shape index (κ2) is 3.74. The van der Waals surface area contributed by atoms with E-state index in [1.807, 2.05) is 0 Å². The number of hydrogen-bond acceptors (Lipinski definition) is 1. The van der Waals surface area contributed by atoms with E-state index < -0.39 is 8.07 Å². The van der Waals surface area contributed by atoms with E-state index in [1.54, 1.807) is 0 Å². The van der Waals surface area contributed by atoms with E-state index in [-0.39, 0.29) is 0 Å². The molecule has 2 unspecified atom stereocenters. The molecule has 13 heavy (non-hydrogen) atoms. The van der Waals surface area contributed by atoms with Crippen LogP contribution in [-0.2, 0) is 0 Å². The summed E-state index contributed by atoms with van der Waals surface area (Å²) in [5.74, 6) is 1.00. The predicted molar refractivity (Wildman–Crippen MR) is 62.8 cm³/mol. The van der Waals surface area contributed by atoms with Gasteiger partial charge in [0.15, 0.2) is 0 Å². The molecule has 1 rings (SSSR count). The normalized spacial score (nSPS) is 30.7. The van der Waals surface area contributed by atoms with E-state index in [0.29, 0.717) is 0 Å². The third kappa shape index (κ3) is 2.56. The van der Waals surface area contributed by atoms with E-state index >= 15 is 0 Å². The molecule has 0 aliphatic heterocycles. The van der Waals surface area contributed by atoms with Crippen molar-refractivity contribution < 1.29 is 0 Å². The summed E-state index contributed by atoms with van der Waals surface area (Å²) in [7, 11) is 1.36. The molecule has 0 aromatic rings. The SMILES string of the molecule is CC[C@@H]1CC1N(C)C(C)[Si](C)(C)C. The van der Waals surface area contributed by atoms with Gasteiger partial charge in [-0.05, 0) is 19.4 Å². The molecule has 1 saturated carbocycles. The van der Waals surface area contributed by atoms with Gasteiger partial charge in [0.25, 0.3) is 0 Å². The predicted octanol–water partition coefficient (Wildman–Crippen LogP) is 2.98. The number of hydrogen-bond donors (Lipinski definition) is 0. The highest BCUT2D eigenvalue weighted by molar-refractivity contribution is 6.77. The smallest absolute Gasteiger partial charge is 0.0634 e. The summed E-state index contributed by atoms with van der Waals surface area (Å²) in [6.07, 6.45) is 2.81. The maximum absolute atomic E-state index is 2.64.